The van der Waals surface area contributed by atoms with Crippen molar-refractivity contribution in [1.29, 1.82) is 0 Å². The third-order valence-corrected chi connectivity index (χ3v) is 6.54. The summed E-state index contributed by atoms with van der Waals surface area (Å²) in [5.74, 6) is -2.55. The van der Waals surface area contributed by atoms with Crippen molar-refractivity contribution in [3.8, 4) is 0 Å². The number of ether oxygens (including phenoxy) is 1. The van der Waals surface area contributed by atoms with E-state index in [1.54, 1.807) is 11.5 Å². The Morgan fingerprint density at radius 1 is 1.45 bits per heavy atom. The first-order valence-electron chi connectivity index (χ1n) is 9.37. The molecule has 3 rings (SSSR count). The van der Waals surface area contributed by atoms with E-state index in [0.717, 1.165) is 4.90 Å². The number of carboxylic acid groups (broad SMARTS) is 1. The number of nitrogens with zero attached hydrogens (tertiary/aromatic N) is 2. The number of aliphatic carboxylic acids is 1. The Kier molecular flexibility index (Phi) is 6.70. The molecule has 1 fully saturated rings. The van der Waals surface area contributed by atoms with Crippen LogP contribution in [-0.2, 0) is 23.9 Å². The lowest BCUT2D eigenvalue weighted by molar-refractivity contribution is -0.150. The summed E-state index contributed by atoms with van der Waals surface area (Å²) in [5, 5.41) is 13.7. The average molecular weight is 467 g/mol. The summed E-state index contributed by atoms with van der Waals surface area (Å²) in [6, 6.07) is -0.881. The highest BCUT2D eigenvalue weighted by Crippen LogP contribution is 2.40. The highest BCUT2D eigenvalue weighted by Gasteiger charge is 2.54. The molecule has 0 aliphatic carbocycles. The van der Waals surface area contributed by atoms with Crippen LogP contribution in [0.3, 0.4) is 0 Å². The number of fused-ring (bicyclic) bond motifs is 1. The molecule has 0 radical (unpaired) electrons. The number of anilines is 1. The molecule has 12 heteroatoms. The summed E-state index contributed by atoms with van der Waals surface area (Å²) in [6.45, 7) is 4.83. The Morgan fingerprint density at radius 3 is 2.71 bits per heavy atom. The van der Waals surface area contributed by atoms with E-state index in [-0.39, 0.29) is 24.0 Å². The van der Waals surface area contributed by atoms with Gasteiger partial charge in [-0.3, -0.25) is 19.3 Å². The van der Waals surface area contributed by atoms with Crippen LogP contribution in [0.15, 0.2) is 22.7 Å². The van der Waals surface area contributed by atoms with Gasteiger partial charge in [0.1, 0.15) is 23.7 Å². The molecule has 3 heterocycles. The first-order chi connectivity index (χ1) is 14.6. The molecule has 31 heavy (non-hydrogen) atoms. The van der Waals surface area contributed by atoms with E-state index in [9.17, 15) is 24.3 Å². The topological polar surface area (TPSA) is 152 Å². The number of nitrogens with one attached hydrogen (secondary N) is 1. The van der Waals surface area contributed by atoms with Gasteiger partial charge in [0.15, 0.2) is 5.13 Å². The SMILES string of the molecule is CC(=O)OCC1=C(C(=O)O)N2C(=O)C(NC(=O)C(=CC(C)C)c3csc(N)n3)[C@H]2SC1. The predicted molar refractivity (Wildman–Crippen MR) is 116 cm³/mol. The zero-order valence-corrected chi connectivity index (χ0v) is 18.7. The number of amides is 2. The maximum absolute atomic E-state index is 12.9. The van der Waals surface area contributed by atoms with Crippen LogP contribution in [-0.4, -0.2) is 62.5 Å². The molecule has 1 aromatic rings. The normalized spacial score (nSPS) is 21.0. The number of β-lactam (4-membered cyclic amide) rings is 1. The molecule has 2 aliphatic heterocycles. The van der Waals surface area contributed by atoms with Crippen molar-refractivity contribution in [3.05, 3.63) is 28.4 Å². The summed E-state index contributed by atoms with van der Waals surface area (Å²) in [4.78, 5) is 53.8. The summed E-state index contributed by atoms with van der Waals surface area (Å²) < 4.78 is 4.91. The maximum atomic E-state index is 12.9. The first kappa shape index (κ1) is 22.8. The smallest absolute Gasteiger partial charge is 0.352 e. The third kappa shape index (κ3) is 4.74. The number of rotatable bonds is 7. The van der Waals surface area contributed by atoms with Gasteiger partial charge in [0, 0.05) is 23.6 Å². The fraction of sp³-hybridized carbons (Fsp3) is 0.421. The average Bonchev–Trinajstić information content (AvgIpc) is 3.13. The van der Waals surface area contributed by atoms with Crippen LogP contribution < -0.4 is 11.1 Å². The Balaban J connectivity index is 1.79. The van der Waals surface area contributed by atoms with Crippen molar-refractivity contribution >= 4 is 57.6 Å². The number of carboxylic acids is 1. The van der Waals surface area contributed by atoms with Crippen LogP contribution >= 0.6 is 23.1 Å². The highest BCUT2D eigenvalue weighted by molar-refractivity contribution is 8.00. The number of carbonyl (C=O) groups is 4. The van der Waals surface area contributed by atoms with Crippen molar-refractivity contribution in [2.45, 2.75) is 32.2 Å². The molecule has 10 nitrogen and oxygen atoms in total. The standard InChI is InChI=1S/C19H22N4O6S2/c1-8(2)4-11(12-7-31-19(20)21-12)15(25)22-13-16(26)23-14(18(27)28)10(5-29-9(3)24)6-30-17(13)23/h4,7-8,13,17H,5-6H2,1-3H3,(H2,20,21)(H,22,25)(H,27,28)/t13?,17-/m1/s1. The molecule has 1 unspecified atom stereocenters. The molecule has 2 amide bonds. The molecule has 4 N–H and O–H groups in total. The van der Waals surface area contributed by atoms with Gasteiger partial charge < -0.3 is 20.9 Å². The highest BCUT2D eigenvalue weighted by atomic mass is 32.2. The van der Waals surface area contributed by atoms with Gasteiger partial charge in [-0.05, 0) is 5.92 Å². The number of aromatic nitrogens is 1. The Hall–Kier alpha value is -2.86. The zero-order chi connectivity index (χ0) is 22.9. The number of allylic oxidation sites excluding steroid dienone is 1. The van der Waals surface area contributed by atoms with Crippen molar-refractivity contribution in [3.63, 3.8) is 0 Å². The number of esters is 1. The molecule has 0 spiro atoms. The Labute approximate surface area is 186 Å². The minimum absolute atomic E-state index is 0.0479. The summed E-state index contributed by atoms with van der Waals surface area (Å²) in [6.07, 6.45) is 1.73. The second kappa shape index (κ2) is 9.10. The van der Waals surface area contributed by atoms with Crippen molar-refractivity contribution in [1.82, 2.24) is 15.2 Å². The second-order valence-electron chi connectivity index (χ2n) is 7.29. The fourth-order valence-electron chi connectivity index (χ4n) is 3.22. The summed E-state index contributed by atoms with van der Waals surface area (Å²) in [7, 11) is 0. The molecule has 0 saturated carbocycles. The van der Waals surface area contributed by atoms with Crippen LogP contribution in [0.1, 0.15) is 26.5 Å². The number of thiazole rings is 1. The van der Waals surface area contributed by atoms with E-state index in [1.807, 2.05) is 13.8 Å². The monoisotopic (exact) mass is 466 g/mol. The fourth-order valence-corrected chi connectivity index (χ4v) is 5.11. The van der Waals surface area contributed by atoms with Crippen molar-refractivity contribution in [2.75, 3.05) is 18.1 Å². The molecular weight excluding hydrogens is 444 g/mol. The lowest BCUT2D eigenvalue weighted by atomic mass is 10.0. The van der Waals surface area contributed by atoms with E-state index < -0.39 is 35.2 Å². The number of nitrogens with two attached hydrogens (primary N) is 1. The van der Waals surface area contributed by atoms with Crippen LogP contribution in [0.5, 0.6) is 0 Å². The number of nitrogen functional groups attached to an aromatic ring is 1. The second-order valence-corrected chi connectivity index (χ2v) is 9.29. The van der Waals surface area contributed by atoms with Gasteiger partial charge in [-0.2, -0.15) is 0 Å². The Bertz CT molecular complexity index is 999. The van der Waals surface area contributed by atoms with Gasteiger partial charge in [-0.15, -0.1) is 23.1 Å². The Morgan fingerprint density at radius 2 is 2.16 bits per heavy atom. The van der Waals surface area contributed by atoms with Crippen molar-refractivity contribution < 1.29 is 29.0 Å². The predicted octanol–water partition coefficient (Wildman–Crippen LogP) is 1.07. The minimum Gasteiger partial charge on any atom is -0.477 e. The van der Waals surface area contributed by atoms with Gasteiger partial charge in [-0.1, -0.05) is 19.9 Å². The minimum atomic E-state index is -1.29. The van der Waals surface area contributed by atoms with Crippen LogP contribution in [0, 0.1) is 5.92 Å². The van der Waals surface area contributed by atoms with E-state index in [1.165, 1.54) is 30.0 Å². The molecule has 1 saturated heterocycles. The van der Waals surface area contributed by atoms with Crippen LogP contribution in [0.25, 0.3) is 5.57 Å². The lowest BCUT2D eigenvalue weighted by Crippen LogP contribution is -2.70. The van der Waals surface area contributed by atoms with Gasteiger partial charge >= 0.3 is 11.9 Å². The molecular formula is C19H22N4O6S2. The molecule has 2 atom stereocenters. The van der Waals surface area contributed by atoms with Gasteiger partial charge in [0.05, 0.1) is 11.3 Å². The quantitative estimate of drug-likeness (QED) is 0.304. The zero-order valence-electron chi connectivity index (χ0n) is 17.1. The maximum Gasteiger partial charge on any atom is 0.352 e. The molecule has 0 aromatic carbocycles. The van der Waals surface area contributed by atoms with Gasteiger partial charge in [-0.25, -0.2) is 9.78 Å². The molecule has 2 aliphatic rings. The van der Waals surface area contributed by atoms with E-state index in [4.69, 9.17) is 10.5 Å². The number of hydrogen-bond acceptors (Lipinski definition) is 9. The first-order valence-corrected chi connectivity index (χ1v) is 11.3. The van der Waals surface area contributed by atoms with Gasteiger partial charge in [0.25, 0.3) is 11.8 Å². The molecule has 1 aromatic heterocycles. The number of carbonyl (C=O) groups excluding carboxylic acids is 3. The van der Waals surface area contributed by atoms with E-state index >= 15 is 0 Å². The summed E-state index contributed by atoms with van der Waals surface area (Å²) in [5.41, 5.74) is 6.54. The number of thioether (sulfide) groups is 1. The third-order valence-electron chi connectivity index (χ3n) is 4.53. The van der Waals surface area contributed by atoms with E-state index in [0.29, 0.717) is 22.0 Å². The van der Waals surface area contributed by atoms with Gasteiger partial charge in [0.2, 0.25) is 0 Å². The summed E-state index contributed by atoms with van der Waals surface area (Å²) >= 11 is 2.50. The number of hydrogen-bond donors (Lipinski definition) is 3. The largest absolute Gasteiger partial charge is 0.477 e. The van der Waals surface area contributed by atoms with Crippen LogP contribution in [0.4, 0.5) is 5.13 Å². The van der Waals surface area contributed by atoms with Crippen LogP contribution in [0.2, 0.25) is 0 Å². The van der Waals surface area contributed by atoms with E-state index in [2.05, 4.69) is 10.3 Å². The molecule has 0 bridgehead atoms. The van der Waals surface area contributed by atoms with Crippen molar-refractivity contribution in [2.24, 2.45) is 5.92 Å². The molecule has 166 valence electrons. The lowest BCUT2D eigenvalue weighted by Gasteiger charge is -2.49.